The summed E-state index contributed by atoms with van der Waals surface area (Å²) >= 11 is 1.61. The van der Waals surface area contributed by atoms with Crippen LogP contribution in [0, 0.1) is 0 Å². The largest absolute Gasteiger partial charge is 0.454 e. The molecule has 2 aliphatic heterocycles. The molecule has 0 spiro atoms. The summed E-state index contributed by atoms with van der Waals surface area (Å²) in [7, 11) is 0. The summed E-state index contributed by atoms with van der Waals surface area (Å²) in [5, 5.41) is 8.23. The molecule has 0 atom stereocenters. The molecular weight excluding hydrogens is 394 g/mol. The lowest BCUT2D eigenvalue weighted by molar-refractivity contribution is -0.121. The van der Waals surface area contributed by atoms with E-state index in [1.807, 2.05) is 24.3 Å². The van der Waals surface area contributed by atoms with Crippen molar-refractivity contribution >= 4 is 23.9 Å². The molecule has 0 saturated carbocycles. The Balaban J connectivity index is 1.29. The van der Waals surface area contributed by atoms with Crippen LogP contribution < -0.4 is 20.6 Å². The average molecular weight is 409 g/mol. The van der Waals surface area contributed by atoms with Gasteiger partial charge in [0.2, 0.25) is 6.79 Å². The number of carbonyl (C=O) groups excluding carboxylic acids is 1. The summed E-state index contributed by atoms with van der Waals surface area (Å²) in [5.74, 6) is 2.06. The van der Waals surface area contributed by atoms with Gasteiger partial charge in [-0.1, -0.05) is 12.1 Å². The fraction of sp³-hybridized carbons (Fsp3) is 0.158. The maximum atomic E-state index is 12.7. The smallest absolute Gasteiger partial charge is 0.351 e. The van der Waals surface area contributed by atoms with Crippen LogP contribution in [0.3, 0.4) is 0 Å². The van der Waals surface area contributed by atoms with Gasteiger partial charge in [0, 0.05) is 4.90 Å². The average Bonchev–Trinajstić information content (AvgIpc) is 3.32. The third kappa shape index (κ3) is 3.27. The van der Waals surface area contributed by atoms with E-state index in [0.29, 0.717) is 23.1 Å². The van der Waals surface area contributed by atoms with Gasteiger partial charge in [-0.3, -0.25) is 4.79 Å². The summed E-state index contributed by atoms with van der Waals surface area (Å²) in [6.07, 6.45) is 1.49. The summed E-state index contributed by atoms with van der Waals surface area (Å²) < 4.78 is 13.3. The Morgan fingerprint density at radius 3 is 3.03 bits per heavy atom. The summed E-state index contributed by atoms with van der Waals surface area (Å²) in [4.78, 5) is 26.0. The number of para-hydroxylation sites is 1. The molecular formula is C19H15N5O4S. The van der Waals surface area contributed by atoms with Gasteiger partial charge in [-0.25, -0.2) is 19.5 Å². The summed E-state index contributed by atoms with van der Waals surface area (Å²) in [5.41, 5.74) is 3.61. The lowest BCUT2D eigenvalue weighted by Gasteiger charge is -2.15. The first-order chi connectivity index (χ1) is 14.2. The monoisotopic (exact) mass is 409 g/mol. The predicted octanol–water partition coefficient (Wildman–Crippen LogP) is 1.52. The molecule has 29 heavy (non-hydrogen) atoms. The number of amides is 1. The highest BCUT2D eigenvalue weighted by atomic mass is 32.2. The molecule has 3 aromatic rings. The van der Waals surface area contributed by atoms with E-state index in [0.717, 1.165) is 20.8 Å². The number of hydrazone groups is 1. The van der Waals surface area contributed by atoms with Crippen molar-refractivity contribution in [1.82, 2.24) is 19.8 Å². The van der Waals surface area contributed by atoms with Crippen LogP contribution in [-0.2, 0) is 17.1 Å². The van der Waals surface area contributed by atoms with E-state index < -0.39 is 5.91 Å². The molecule has 0 aliphatic carbocycles. The van der Waals surface area contributed by atoms with Gasteiger partial charge >= 0.3 is 5.69 Å². The van der Waals surface area contributed by atoms with Crippen molar-refractivity contribution in [3.8, 4) is 17.2 Å². The van der Waals surface area contributed by atoms with E-state index in [9.17, 15) is 9.59 Å². The molecule has 2 aliphatic rings. The molecule has 1 N–H and O–H groups in total. The quantitative estimate of drug-likeness (QED) is 0.518. The summed E-state index contributed by atoms with van der Waals surface area (Å²) in [6, 6.07) is 13.0. The standard InChI is InChI=1S/C19H15N5O4S/c25-18(21-20-8-12-5-6-14-15(7-12)28-11-27-14)9-23-19(26)24-13-3-1-2-4-16(13)29-10-17(24)22-23/h1-8H,9-11H2,(H,21,25). The second-order valence-corrected chi connectivity index (χ2v) is 7.37. The fourth-order valence-electron chi connectivity index (χ4n) is 3.14. The van der Waals surface area contributed by atoms with Gasteiger partial charge in [0.1, 0.15) is 12.4 Å². The van der Waals surface area contributed by atoms with Crippen molar-refractivity contribution < 1.29 is 14.3 Å². The van der Waals surface area contributed by atoms with Crippen molar-refractivity contribution in [1.29, 1.82) is 0 Å². The first-order valence-corrected chi connectivity index (χ1v) is 9.80. The lowest BCUT2D eigenvalue weighted by Crippen LogP contribution is -2.31. The Kier molecular flexibility index (Phi) is 4.32. The lowest BCUT2D eigenvalue weighted by atomic mass is 10.2. The minimum atomic E-state index is -0.444. The number of benzene rings is 2. The Hall–Kier alpha value is -3.53. The van der Waals surface area contributed by atoms with E-state index in [4.69, 9.17) is 9.47 Å². The first kappa shape index (κ1) is 17.6. The molecule has 3 heterocycles. The van der Waals surface area contributed by atoms with Crippen molar-refractivity contribution in [2.45, 2.75) is 17.2 Å². The number of aromatic nitrogens is 3. The minimum Gasteiger partial charge on any atom is -0.454 e. The van der Waals surface area contributed by atoms with Crippen molar-refractivity contribution in [3.63, 3.8) is 0 Å². The summed E-state index contributed by atoms with van der Waals surface area (Å²) in [6.45, 7) is -0.0246. The molecule has 10 heteroatoms. The van der Waals surface area contributed by atoms with E-state index >= 15 is 0 Å². The van der Waals surface area contributed by atoms with E-state index in [-0.39, 0.29) is 19.0 Å². The van der Waals surface area contributed by atoms with Gasteiger partial charge in [-0.05, 0) is 35.9 Å². The predicted molar refractivity (Wildman–Crippen MR) is 106 cm³/mol. The van der Waals surface area contributed by atoms with Crippen LogP contribution in [0.4, 0.5) is 0 Å². The van der Waals surface area contributed by atoms with Gasteiger partial charge in [0.15, 0.2) is 11.5 Å². The van der Waals surface area contributed by atoms with E-state index in [2.05, 4.69) is 15.6 Å². The number of rotatable bonds is 4. The minimum absolute atomic E-state index is 0.193. The van der Waals surface area contributed by atoms with Crippen LogP contribution >= 0.6 is 11.8 Å². The Bertz CT molecular complexity index is 1200. The topological polar surface area (TPSA) is 99.7 Å². The Labute approximate surface area is 168 Å². The number of hydrogen-bond donors (Lipinski definition) is 1. The van der Waals surface area contributed by atoms with Crippen LogP contribution in [-0.4, -0.2) is 33.3 Å². The molecule has 1 aromatic heterocycles. The number of carbonyl (C=O) groups is 1. The van der Waals surface area contributed by atoms with Gasteiger partial charge in [0.25, 0.3) is 5.91 Å². The normalized spacial score (nSPS) is 13.9. The molecule has 1 amide bonds. The van der Waals surface area contributed by atoms with Crippen LogP contribution in [0.2, 0.25) is 0 Å². The van der Waals surface area contributed by atoms with E-state index in [1.54, 1.807) is 34.5 Å². The molecule has 0 radical (unpaired) electrons. The third-order valence-electron chi connectivity index (χ3n) is 4.46. The zero-order valence-electron chi connectivity index (χ0n) is 15.1. The number of thioether (sulfide) groups is 1. The second-order valence-electron chi connectivity index (χ2n) is 6.35. The van der Waals surface area contributed by atoms with Crippen molar-refractivity contribution in [3.05, 3.63) is 64.3 Å². The molecule has 2 aromatic carbocycles. The first-order valence-electron chi connectivity index (χ1n) is 8.81. The molecule has 0 saturated heterocycles. The van der Waals surface area contributed by atoms with Crippen LogP contribution in [0.1, 0.15) is 11.4 Å². The maximum absolute atomic E-state index is 12.7. The molecule has 0 bridgehead atoms. The third-order valence-corrected chi connectivity index (χ3v) is 5.52. The molecule has 146 valence electrons. The van der Waals surface area contributed by atoms with E-state index in [1.165, 1.54) is 6.21 Å². The van der Waals surface area contributed by atoms with Crippen LogP contribution in [0.25, 0.3) is 5.69 Å². The number of fused-ring (bicyclic) bond motifs is 4. The SMILES string of the molecule is O=C(Cn1nc2n(c1=O)-c1ccccc1SC2)NN=Cc1ccc2c(c1)OCO2. The highest BCUT2D eigenvalue weighted by Crippen LogP contribution is 2.33. The molecule has 9 nitrogen and oxygen atoms in total. The maximum Gasteiger partial charge on any atom is 0.351 e. The number of hydrogen-bond acceptors (Lipinski definition) is 7. The number of nitrogens with one attached hydrogen (secondary N) is 1. The van der Waals surface area contributed by atoms with Gasteiger partial charge < -0.3 is 9.47 Å². The number of ether oxygens (including phenoxy) is 2. The molecule has 5 rings (SSSR count). The van der Waals surface area contributed by atoms with Crippen molar-refractivity contribution in [2.24, 2.45) is 5.10 Å². The Morgan fingerprint density at radius 1 is 1.24 bits per heavy atom. The van der Waals surface area contributed by atoms with Gasteiger partial charge in [0.05, 0.1) is 17.7 Å². The van der Waals surface area contributed by atoms with Crippen molar-refractivity contribution in [2.75, 3.05) is 6.79 Å². The Morgan fingerprint density at radius 2 is 2.10 bits per heavy atom. The molecule has 0 fully saturated rings. The zero-order chi connectivity index (χ0) is 19.8. The number of nitrogens with zero attached hydrogens (tertiary/aromatic N) is 4. The van der Waals surface area contributed by atoms with Crippen LogP contribution in [0.5, 0.6) is 11.5 Å². The van der Waals surface area contributed by atoms with Crippen LogP contribution in [0.15, 0.2) is 57.3 Å². The fourth-order valence-corrected chi connectivity index (χ4v) is 4.09. The second kappa shape index (κ2) is 7.13. The van der Waals surface area contributed by atoms with Gasteiger partial charge in [-0.15, -0.1) is 11.8 Å². The molecule has 0 unspecified atom stereocenters. The highest BCUT2D eigenvalue weighted by Gasteiger charge is 2.22. The van der Waals surface area contributed by atoms with Gasteiger partial charge in [-0.2, -0.15) is 10.2 Å². The zero-order valence-corrected chi connectivity index (χ0v) is 15.9. The highest BCUT2D eigenvalue weighted by molar-refractivity contribution is 7.98.